The molecule has 0 aliphatic heterocycles. The number of sulfonamides is 1. The first-order valence-corrected chi connectivity index (χ1v) is 17.2. The Kier molecular flexibility index (Phi) is 8.35. The number of benzene rings is 3. The molecule has 1 fully saturated rings. The van der Waals surface area contributed by atoms with E-state index in [9.17, 15) is 22.4 Å². The number of primary amides is 1. The van der Waals surface area contributed by atoms with Crippen molar-refractivity contribution in [1.29, 1.82) is 0 Å². The van der Waals surface area contributed by atoms with Crippen LogP contribution in [0.3, 0.4) is 0 Å². The molecule has 1 saturated carbocycles. The van der Waals surface area contributed by atoms with Crippen LogP contribution in [0.4, 0.5) is 10.1 Å². The molecule has 5 aromatic rings. The number of hydrogen-bond donors (Lipinski definition) is 2. The predicted molar refractivity (Wildman–Crippen MR) is 180 cm³/mol. The van der Waals surface area contributed by atoms with Crippen molar-refractivity contribution in [3.8, 4) is 11.1 Å². The van der Waals surface area contributed by atoms with Gasteiger partial charge >= 0.3 is 0 Å². The lowest BCUT2D eigenvalue weighted by Gasteiger charge is -2.27. The highest BCUT2D eigenvalue weighted by atomic mass is 32.2. The topological polar surface area (TPSA) is 127 Å². The van der Waals surface area contributed by atoms with Crippen LogP contribution in [0.25, 0.3) is 16.6 Å². The minimum Gasteiger partial charge on any atom is -0.365 e. The molecule has 3 N–H and O–H groups in total. The van der Waals surface area contributed by atoms with E-state index in [-0.39, 0.29) is 36.2 Å². The van der Waals surface area contributed by atoms with Gasteiger partial charge in [-0.25, -0.2) is 17.3 Å². The summed E-state index contributed by atoms with van der Waals surface area (Å²) in [5.41, 5.74) is 9.64. The van der Waals surface area contributed by atoms with Gasteiger partial charge in [0.25, 0.3) is 11.8 Å². The fourth-order valence-electron chi connectivity index (χ4n) is 5.81. The number of fused-ring (bicyclic) bond motifs is 1. The maximum absolute atomic E-state index is 13.6. The summed E-state index contributed by atoms with van der Waals surface area (Å²) in [5.74, 6) is -1.17. The second-order valence-corrected chi connectivity index (χ2v) is 14.6. The maximum Gasteiger partial charge on any atom is 0.252 e. The minimum atomic E-state index is -3.74. The van der Waals surface area contributed by atoms with E-state index in [4.69, 9.17) is 5.73 Å². The summed E-state index contributed by atoms with van der Waals surface area (Å²) in [4.78, 5) is 26.5. The Morgan fingerprint density at radius 3 is 2.36 bits per heavy atom. The summed E-state index contributed by atoms with van der Waals surface area (Å²) in [6.45, 7) is 4.13. The van der Waals surface area contributed by atoms with Crippen LogP contribution >= 0.6 is 0 Å². The lowest BCUT2D eigenvalue weighted by Crippen LogP contribution is -2.40. The molecule has 2 aromatic heterocycles. The number of hydrogen-bond acceptors (Lipinski definition) is 5. The first-order chi connectivity index (χ1) is 22.3. The average Bonchev–Trinajstić information content (AvgIpc) is 3.79. The third-order valence-corrected chi connectivity index (χ3v) is 9.65. The number of nitrogens with zero attached hydrogens (tertiary/aromatic N) is 3. The van der Waals surface area contributed by atoms with E-state index in [2.05, 4.69) is 10.4 Å². The van der Waals surface area contributed by atoms with E-state index in [1.54, 1.807) is 48.7 Å². The van der Waals surface area contributed by atoms with E-state index >= 15 is 0 Å². The van der Waals surface area contributed by atoms with Crippen molar-refractivity contribution in [3.63, 3.8) is 0 Å². The van der Waals surface area contributed by atoms with Crippen LogP contribution in [0.5, 0.6) is 0 Å². The molecular formula is C36H36FN5O4S. The molecule has 11 heteroatoms. The molecule has 0 atom stereocenters. The Morgan fingerprint density at radius 2 is 1.72 bits per heavy atom. The molecule has 1 aliphatic rings. The lowest BCUT2D eigenvalue weighted by molar-refractivity contribution is 0.0911. The van der Waals surface area contributed by atoms with Gasteiger partial charge in [-0.05, 0) is 79.6 Å². The number of halogens is 1. The third kappa shape index (κ3) is 6.90. The highest BCUT2D eigenvalue weighted by molar-refractivity contribution is 7.92. The van der Waals surface area contributed by atoms with E-state index in [1.807, 2.05) is 44.2 Å². The Hall–Kier alpha value is -5.03. The van der Waals surface area contributed by atoms with Crippen LogP contribution in [0.15, 0.2) is 91.1 Å². The van der Waals surface area contributed by atoms with Gasteiger partial charge < -0.3 is 11.1 Å². The van der Waals surface area contributed by atoms with Crippen molar-refractivity contribution < 1.29 is 22.4 Å². The first-order valence-electron chi connectivity index (χ1n) is 15.4. The van der Waals surface area contributed by atoms with Crippen molar-refractivity contribution >= 4 is 33.0 Å². The summed E-state index contributed by atoms with van der Waals surface area (Å²) in [6.07, 6.45) is 4.81. The minimum absolute atomic E-state index is 0.175. The smallest absolute Gasteiger partial charge is 0.252 e. The molecule has 3 aromatic carbocycles. The molecule has 0 unspecified atom stereocenters. The molecule has 9 nitrogen and oxygen atoms in total. The number of amides is 2. The summed E-state index contributed by atoms with van der Waals surface area (Å²) < 4.78 is 42.9. The number of carbonyl (C=O) groups excluding carboxylic acids is 2. The van der Waals surface area contributed by atoms with Gasteiger partial charge in [0.1, 0.15) is 5.82 Å². The van der Waals surface area contributed by atoms with Gasteiger partial charge in [-0.1, -0.05) is 54.6 Å². The second-order valence-electron chi connectivity index (χ2n) is 12.7. The van der Waals surface area contributed by atoms with Crippen LogP contribution in [0, 0.1) is 11.7 Å². The van der Waals surface area contributed by atoms with Gasteiger partial charge in [-0.15, -0.1) is 0 Å². The van der Waals surface area contributed by atoms with Crippen molar-refractivity contribution in [3.05, 3.63) is 125 Å². The van der Waals surface area contributed by atoms with Crippen molar-refractivity contribution in [2.24, 2.45) is 11.7 Å². The van der Waals surface area contributed by atoms with Crippen LogP contribution in [-0.2, 0) is 22.0 Å². The second kappa shape index (κ2) is 12.3. The molecule has 242 valence electrons. The number of nitrogens with one attached hydrogen (secondary N) is 1. The third-order valence-electron chi connectivity index (χ3n) is 8.50. The molecule has 47 heavy (non-hydrogen) atoms. The van der Waals surface area contributed by atoms with Gasteiger partial charge in [0.05, 0.1) is 40.5 Å². The van der Waals surface area contributed by atoms with E-state index < -0.39 is 21.5 Å². The zero-order valence-electron chi connectivity index (χ0n) is 26.4. The van der Waals surface area contributed by atoms with Gasteiger partial charge in [0, 0.05) is 24.1 Å². The SMILES string of the molecule is CC(C)(NC(=O)c1cccc(-c2cc3c(C(N)=O)c(Cc4ccc(F)cc4)nn3cc2N(CC2CC2)S(C)(=O)=O)c1)c1ccccc1. The molecule has 2 heterocycles. The van der Waals surface area contributed by atoms with Crippen LogP contribution in [0.1, 0.15) is 64.2 Å². The number of aromatic nitrogens is 2. The lowest BCUT2D eigenvalue weighted by atomic mass is 9.93. The Balaban J connectivity index is 1.48. The van der Waals surface area contributed by atoms with Gasteiger partial charge in [0.2, 0.25) is 10.0 Å². The van der Waals surface area contributed by atoms with Gasteiger partial charge in [-0.2, -0.15) is 5.10 Å². The first kappa shape index (κ1) is 31.9. The Bertz CT molecular complexity index is 2090. The van der Waals surface area contributed by atoms with Crippen LogP contribution in [0.2, 0.25) is 0 Å². The normalized spacial score (nSPS) is 13.4. The van der Waals surface area contributed by atoms with E-state index in [0.29, 0.717) is 33.6 Å². The van der Waals surface area contributed by atoms with E-state index in [0.717, 1.165) is 30.2 Å². The largest absolute Gasteiger partial charge is 0.365 e. The quantitative estimate of drug-likeness (QED) is 0.190. The summed E-state index contributed by atoms with van der Waals surface area (Å²) in [6, 6.07) is 24.2. The molecule has 0 bridgehead atoms. The molecule has 2 amide bonds. The maximum atomic E-state index is 13.6. The molecule has 0 spiro atoms. The highest BCUT2D eigenvalue weighted by Crippen LogP contribution is 2.39. The summed E-state index contributed by atoms with van der Waals surface area (Å²) in [7, 11) is -3.74. The number of anilines is 1. The number of nitrogens with two attached hydrogens (primary N) is 1. The zero-order valence-corrected chi connectivity index (χ0v) is 27.2. The summed E-state index contributed by atoms with van der Waals surface area (Å²) in [5, 5.41) is 7.76. The predicted octanol–water partition coefficient (Wildman–Crippen LogP) is 5.67. The number of rotatable bonds is 11. The van der Waals surface area contributed by atoms with Crippen molar-refractivity contribution in [2.75, 3.05) is 17.1 Å². The van der Waals surface area contributed by atoms with Gasteiger partial charge in [0.15, 0.2) is 0 Å². The van der Waals surface area contributed by atoms with Crippen LogP contribution < -0.4 is 15.4 Å². The Morgan fingerprint density at radius 1 is 1.02 bits per heavy atom. The molecule has 0 saturated heterocycles. The Labute approximate surface area is 273 Å². The van der Waals surface area contributed by atoms with Crippen molar-refractivity contribution in [1.82, 2.24) is 14.9 Å². The molecule has 6 rings (SSSR count). The van der Waals surface area contributed by atoms with Crippen LogP contribution in [-0.4, -0.2) is 42.6 Å². The molecule has 0 radical (unpaired) electrons. The standard InChI is InChI=1S/C36H36FN5O4S/c1-36(2,27-10-5-4-6-11-27)39-35(44)26-9-7-8-25(19-26)29-20-31-33(34(38)43)30(18-23-14-16-28(37)17-15-23)40-41(31)22-32(29)42(47(3,45)46)21-24-12-13-24/h4-11,14-17,19-20,22,24H,12-13,18,21H2,1-3H3,(H2,38,43)(H,39,44). The molecule has 1 aliphatic carbocycles. The van der Waals surface area contributed by atoms with E-state index in [1.165, 1.54) is 21.0 Å². The number of pyridine rings is 1. The number of carbonyl (C=O) groups is 2. The summed E-state index contributed by atoms with van der Waals surface area (Å²) >= 11 is 0. The molecular weight excluding hydrogens is 617 g/mol. The van der Waals surface area contributed by atoms with Gasteiger partial charge in [-0.3, -0.25) is 13.9 Å². The fourth-order valence-corrected chi connectivity index (χ4v) is 6.79. The highest BCUT2D eigenvalue weighted by Gasteiger charge is 2.32. The monoisotopic (exact) mass is 653 g/mol. The average molecular weight is 654 g/mol. The fraction of sp³-hybridized carbons (Fsp3) is 0.250. The zero-order chi connectivity index (χ0) is 33.5. The van der Waals surface area contributed by atoms with Crippen molar-refractivity contribution in [2.45, 2.75) is 38.6 Å².